The van der Waals surface area contributed by atoms with E-state index in [4.69, 9.17) is 16.3 Å². The molecule has 0 radical (unpaired) electrons. The number of aromatic nitrogens is 1. The Morgan fingerprint density at radius 2 is 2.05 bits per heavy atom. The number of nitrogens with one attached hydrogen (secondary N) is 1. The van der Waals surface area contributed by atoms with Gasteiger partial charge in [-0.3, -0.25) is 9.59 Å². The fourth-order valence-corrected chi connectivity index (χ4v) is 1.54. The number of carbonyl (C=O) groups is 2. The van der Waals surface area contributed by atoms with Crippen molar-refractivity contribution in [2.45, 2.75) is 27.4 Å². The summed E-state index contributed by atoms with van der Waals surface area (Å²) >= 11 is 10.1. The number of halogens is 1. The molecule has 1 aromatic rings. The molecule has 0 aliphatic heterocycles. The molecule has 0 saturated carbocycles. The lowest BCUT2D eigenvalue weighted by Gasteiger charge is -2.12. The monoisotopic (exact) mass is 314 g/mol. The average Bonchev–Trinajstić information content (AvgIpc) is 2.36. The second-order valence-corrected chi connectivity index (χ2v) is 5.06. The Bertz CT molecular complexity index is 569. The van der Waals surface area contributed by atoms with Gasteiger partial charge in [-0.15, -0.1) is 12.6 Å². The molecule has 1 heterocycles. The average molecular weight is 315 g/mol. The summed E-state index contributed by atoms with van der Waals surface area (Å²) in [5, 5.41) is 2.95. The van der Waals surface area contributed by atoms with Crippen LogP contribution in [0, 0.1) is 0 Å². The van der Waals surface area contributed by atoms with E-state index in [2.05, 4.69) is 22.9 Å². The standard InChI is InChI=1S/C13H15ClN2O3S/c1-7(2)11(20)13(18)16-12-9(6-19-8(3)17)10(14)4-5-15-12/h4-5,20H,6H2,1-3H3,(H,15,16,18). The number of amides is 1. The number of esters is 1. The number of hydrogen-bond donors (Lipinski definition) is 2. The Morgan fingerprint density at radius 1 is 1.40 bits per heavy atom. The van der Waals surface area contributed by atoms with Crippen LogP contribution in [0.5, 0.6) is 0 Å². The van der Waals surface area contributed by atoms with E-state index in [1.807, 2.05) is 0 Å². The van der Waals surface area contributed by atoms with Gasteiger partial charge in [0.25, 0.3) is 5.91 Å². The summed E-state index contributed by atoms with van der Waals surface area (Å²) < 4.78 is 4.89. The lowest BCUT2D eigenvalue weighted by atomic mass is 10.2. The summed E-state index contributed by atoms with van der Waals surface area (Å²) in [5.74, 6) is -0.592. The van der Waals surface area contributed by atoms with Gasteiger partial charge in [-0.05, 0) is 19.9 Å². The first-order chi connectivity index (χ1) is 9.32. The first kappa shape index (κ1) is 16.5. The molecule has 108 valence electrons. The van der Waals surface area contributed by atoms with Gasteiger partial charge < -0.3 is 10.1 Å². The molecule has 0 spiro atoms. The van der Waals surface area contributed by atoms with Crippen LogP contribution in [-0.2, 0) is 20.9 Å². The molecule has 0 aliphatic rings. The van der Waals surface area contributed by atoms with E-state index in [1.165, 1.54) is 13.1 Å². The number of hydrogen-bond acceptors (Lipinski definition) is 5. The van der Waals surface area contributed by atoms with E-state index < -0.39 is 11.9 Å². The molecule has 1 amide bonds. The summed E-state index contributed by atoms with van der Waals surface area (Å²) in [4.78, 5) is 27.1. The van der Waals surface area contributed by atoms with Crippen molar-refractivity contribution in [3.05, 3.63) is 33.3 Å². The van der Waals surface area contributed by atoms with Crippen molar-refractivity contribution in [2.24, 2.45) is 0 Å². The molecule has 0 aliphatic carbocycles. The van der Waals surface area contributed by atoms with Crippen LogP contribution in [0.4, 0.5) is 5.82 Å². The van der Waals surface area contributed by atoms with Gasteiger partial charge in [0.15, 0.2) is 0 Å². The predicted octanol–water partition coefficient (Wildman–Crippen LogP) is 2.96. The second-order valence-electron chi connectivity index (χ2n) is 4.20. The van der Waals surface area contributed by atoms with Crippen LogP contribution in [0.3, 0.4) is 0 Å². The molecule has 0 atom stereocenters. The molecule has 1 aromatic heterocycles. The number of nitrogens with zero attached hydrogens (tertiary/aromatic N) is 1. The molecule has 0 saturated heterocycles. The summed E-state index contributed by atoms with van der Waals surface area (Å²) in [7, 11) is 0. The van der Waals surface area contributed by atoms with Crippen molar-refractivity contribution >= 4 is 41.9 Å². The Morgan fingerprint density at radius 3 is 2.60 bits per heavy atom. The number of rotatable bonds is 4. The first-order valence-electron chi connectivity index (χ1n) is 5.77. The number of thiol groups is 1. The van der Waals surface area contributed by atoms with Gasteiger partial charge in [0.2, 0.25) is 0 Å². The zero-order valence-electron chi connectivity index (χ0n) is 11.4. The smallest absolute Gasteiger partial charge is 0.302 e. The van der Waals surface area contributed by atoms with E-state index in [0.29, 0.717) is 15.5 Å². The molecular weight excluding hydrogens is 300 g/mol. The van der Waals surface area contributed by atoms with Crippen molar-refractivity contribution in [3.63, 3.8) is 0 Å². The molecule has 0 bridgehead atoms. The van der Waals surface area contributed by atoms with Crippen LogP contribution in [-0.4, -0.2) is 16.9 Å². The lowest BCUT2D eigenvalue weighted by molar-refractivity contribution is -0.142. The quantitative estimate of drug-likeness (QED) is 0.509. The molecule has 20 heavy (non-hydrogen) atoms. The van der Waals surface area contributed by atoms with Crippen molar-refractivity contribution < 1.29 is 14.3 Å². The van der Waals surface area contributed by atoms with Gasteiger partial charge in [0.1, 0.15) is 12.4 Å². The Hall–Kier alpha value is -1.53. The van der Waals surface area contributed by atoms with Crippen LogP contribution < -0.4 is 5.32 Å². The van der Waals surface area contributed by atoms with E-state index in [9.17, 15) is 9.59 Å². The maximum atomic E-state index is 11.9. The van der Waals surface area contributed by atoms with Crippen LogP contribution in [0.25, 0.3) is 0 Å². The third-order valence-electron chi connectivity index (χ3n) is 2.34. The minimum atomic E-state index is -0.443. The highest BCUT2D eigenvalue weighted by molar-refractivity contribution is 7.85. The topological polar surface area (TPSA) is 68.3 Å². The highest BCUT2D eigenvalue weighted by Crippen LogP contribution is 2.24. The Labute approximate surface area is 127 Å². The fourth-order valence-electron chi connectivity index (χ4n) is 1.28. The number of ether oxygens (including phenoxy) is 1. The van der Waals surface area contributed by atoms with Crippen LogP contribution >= 0.6 is 24.2 Å². The van der Waals surface area contributed by atoms with Gasteiger partial charge in [-0.25, -0.2) is 4.98 Å². The summed E-state index contributed by atoms with van der Waals surface area (Å²) in [6.07, 6.45) is 1.45. The first-order valence-corrected chi connectivity index (χ1v) is 6.60. The lowest BCUT2D eigenvalue weighted by Crippen LogP contribution is -2.16. The number of pyridine rings is 1. The number of carbonyl (C=O) groups excluding carboxylic acids is 2. The maximum absolute atomic E-state index is 11.9. The van der Waals surface area contributed by atoms with Crippen LogP contribution in [0.1, 0.15) is 26.3 Å². The Balaban J connectivity index is 3.00. The summed E-state index contributed by atoms with van der Waals surface area (Å²) in [5.41, 5.74) is 1.21. The normalized spacial score (nSPS) is 9.85. The number of anilines is 1. The highest BCUT2D eigenvalue weighted by atomic mass is 35.5. The van der Waals surface area contributed by atoms with Crippen LogP contribution in [0.15, 0.2) is 22.7 Å². The third kappa shape index (κ3) is 4.54. The van der Waals surface area contributed by atoms with Crippen LogP contribution in [0.2, 0.25) is 5.02 Å². The zero-order valence-corrected chi connectivity index (χ0v) is 13.0. The van der Waals surface area contributed by atoms with Crippen molar-refractivity contribution in [1.82, 2.24) is 4.98 Å². The number of allylic oxidation sites excluding steroid dienone is 1. The second kappa shape index (κ2) is 7.31. The molecular formula is C13H15ClN2O3S. The molecule has 7 heteroatoms. The molecule has 1 N–H and O–H groups in total. The zero-order chi connectivity index (χ0) is 15.3. The van der Waals surface area contributed by atoms with Gasteiger partial charge in [-0.2, -0.15) is 0 Å². The van der Waals surface area contributed by atoms with Crippen molar-refractivity contribution in [2.75, 3.05) is 5.32 Å². The SMILES string of the molecule is CC(=O)OCc1c(Cl)ccnc1NC(=O)C(S)=C(C)C. The van der Waals surface area contributed by atoms with E-state index in [0.717, 1.165) is 5.57 Å². The van der Waals surface area contributed by atoms with Gasteiger partial charge in [0.05, 0.1) is 15.5 Å². The third-order valence-corrected chi connectivity index (χ3v) is 3.34. The van der Waals surface area contributed by atoms with E-state index in [1.54, 1.807) is 19.9 Å². The van der Waals surface area contributed by atoms with E-state index in [-0.39, 0.29) is 12.4 Å². The molecule has 1 rings (SSSR count). The predicted molar refractivity (Wildman–Crippen MR) is 80.7 cm³/mol. The maximum Gasteiger partial charge on any atom is 0.302 e. The minimum absolute atomic E-state index is 0.0612. The van der Waals surface area contributed by atoms with Gasteiger partial charge in [-0.1, -0.05) is 17.2 Å². The summed E-state index contributed by atoms with van der Waals surface area (Å²) in [6.45, 7) is 4.77. The summed E-state index contributed by atoms with van der Waals surface area (Å²) in [6, 6.07) is 1.55. The fraction of sp³-hybridized carbons (Fsp3) is 0.308. The molecule has 5 nitrogen and oxygen atoms in total. The van der Waals surface area contributed by atoms with Crippen molar-refractivity contribution in [1.29, 1.82) is 0 Å². The molecule has 0 fully saturated rings. The van der Waals surface area contributed by atoms with E-state index >= 15 is 0 Å². The van der Waals surface area contributed by atoms with Gasteiger partial charge >= 0.3 is 5.97 Å². The van der Waals surface area contributed by atoms with Crippen molar-refractivity contribution in [3.8, 4) is 0 Å². The minimum Gasteiger partial charge on any atom is -0.461 e. The Kier molecular flexibility index (Phi) is 6.04. The largest absolute Gasteiger partial charge is 0.461 e. The molecule has 0 aromatic carbocycles. The van der Waals surface area contributed by atoms with Gasteiger partial charge in [0, 0.05) is 13.1 Å². The highest BCUT2D eigenvalue weighted by Gasteiger charge is 2.14. The molecule has 0 unspecified atom stereocenters.